The Morgan fingerprint density at radius 2 is 1.90 bits per heavy atom. The van der Waals surface area contributed by atoms with Gasteiger partial charge in [0.2, 0.25) is 5.91 Å². The van der Waals surface area contributed by atoms with Crippen molar-refractivity contribution >= 4 is 23.4 Å². The summed E-state index contributed by atoms with van der Waals surface area (Å²) in [5.74, 6) is -1.06. The van der Waals surface area contributed by atoms with Crippen molar-refractivity contribution in [1.29, 1.82) is 0 Å². The molecule has 1 unspecified atom stereocenters. The number of rotatable bonds is 5. The molecule has 1 atom stereocenters. The van der Waals surface area contributed by atoms with Crippen molar-refractivity contribution in [2.24, 2.45) is 7.05 Å². The van der Waals surface area contributed by atoms with E-state index in [0.29, 0.717) is 22.0 Å². The SMILES string of the molecule is CNC(=O)C(C)NC(=O)c1cc(-c2ccc(Cl)cc2)nn(-c2cnn(C)c2)c1=O. The molecule has 2 aromatic heterocycles. The highest BCUT2D eigenvalue weighted by molar-refractivity contribution is 6.30. The number of halogens is 1. The van der Waals surface area contributed by atoms with E-state index in [2.05, 4.69) is 20.8 Å². The molecule has 1 aromatic carbocycles. The highest BCUT2D eigenvalue weighted by atomic mass is 35.5. The molecule has 150 valence electrons. The number of aryl methyl sites for hydroxylation is 1. The van der Waals surface area contributed by atoms with Gasteiger partial charge in [0.15, 0.2) is 0 Å². The third-order valence-corrected chi connectivity index (χ3v) is 4.47. The van der Waals surface area contributed by atoms with E-state index >= 15 is 0 Å². The number of hydrogen-bond acceptors (Lipinski definition) is 5. The quantitative estimate of drug-likeness (QED) is 0.650. The minimum atomic E-state index is -0.814. The molecule has 0 spiro atoms. The number of hydrogen-bond donors (Lipinski definition) is 2. The van der Waals surface area contributed by atoms with Crippen LogP contribution in [0.3, 0.4) is 0 Å². The van der Waals surface area contributed by atoms with Crippen molar-refractivity contribution in [3.8, 4) is 16.9 Å². The molecule has 0 saturated carbocycles. The molecule has 0 aliphatic carbocycles. The van der Waals surface area contributed by atoms with Crippen LogP contribution in [0.5, 0.6) is 0 Å². The minimum Gasteiger partial charge on any atom is -0.357 e. The van der Waals surface area contributed by atoms with Crippen LogP contribution in [0.15, 0.2) is 47.5 Å². The fraction of sp³-hybridized carbons (Fsp3) is 0.211. The zero-order valence-corrected chi connectivity index (χ0v) is 16.8. The molecule has 0 saturated heterocycles. The standard InChI is InChI=1S/C19H19ClN6O3/c1-11(17(27)21-2)23-18(28)15-8-16(12-4-6-13(20)7-5-12)24-26(19(15)29)14-9-22-25(3)10-14/h4-11H,1-3H3,(H,21,27)(H,23,28). The molecule has 2 heterocycles. The van der Waals surface area contributed by atoms with Gasteiger partial charge in [0.1, 0.15) is 17.3 Å². The maximum Gasteiger partial charge on any atom is 0.284 e. The Kier molecular flexibility index (Phi) is 5.79. The monoisotopic (exact) mass is 414 g/mol. The van der Waals surface area contributed by atoms with Crippen LogP contribution in [0.25, 0.3) is 16.9 Å². The highest BCUT2D eigenvalue weighted by Gasteiger charge is 2.21. The van der Waals surface area contributed by atoms with E-state index in [4.69, 9.17) is 11.6 Å². The Bertz CT molecular complexity index is 1120. The van der Waals surface area contributed by atoms with E-state index in [1.807, 2.05) is 0 Å². The molecular formula is C19H19ClN6O3. The van der Waals surface area contributed by atoms with Crippen LogP contribution < -0.4 is 16.2 Å². The predicted molar refractivity (Wildman–Crippen MR) is 108 cm³/mol. The Hall–Kier alpha value is -3.46. The van der Waals surface area contributed by atoms with E-state index in [1.165, 1.54) is 30.9 Å². The fourth-order valence-electron chi connectivity index (χ4n) is 2.67. The third kappa shape index (κ3) is 4.35. The van der Waals surface area contributed by atoms with Crippen molar-refractivity contribution in [2.45, 2.75) is 13.0 Å². The van der Waals surface area contributed by atoms with Crippen LogP contribution in [-0.4, -0.2) is 44.5 Å². The number of nitrogens with zero attached hydrogens (tertiary/aromatic N) is 4. The fourth-order valence-corrected chi connectivity index (χ4v) is 2.79. The lowest BCUT2D eigenvalue weighted by atomic mass is 10.1. The molecule has 10 heteroatoms. The molecule has 3 aromatic rings. The zero-order valence-electron chi connectivity index (χ0n) is 16.0. The summed E-state index contributed by atoms with van der Waals surface area (Å²) in [4.78, 5) is 37.4. The molecule has 9 nitrogen and oxygen atoms in total. The van der Waals surface area contributed by atoms with Gasteiger partial charge in [-0.05, 0) is 25.1 Å². The summed E-state index contributed by atoms with van der Waals surface area (Å²) in [6.45, 7) is 1.53. The molecule has 0 radical (unpaired) electrons. The minimum absolute atomic E-state index is 0.149. The first-order valence-electron chi connectivity index (χ1n) is 8.72. The maximum absolute atomic E-state index is 13.0. The maximum atomic E-state index is 13.0. The van der Waals surface area contributed by atoms with Crippen LogP contribution >= 0.6 is 11.6 Å². The topological polar surface area (TPSA) is 111 Å². The normalized spacial score (nSPS) is 11.7. The number of nitrogens with one attached hydrogen (secondary N) is 2. The summed E-state index contributed by atoms with van der Waals surface area (Å²) >= 11 is 5.95. The number of amides is 2. The van der Waals surface area contributed by atoms with Crippen molar-refractivity contribution in [2.75, 3.05) is 7.05 Å². The summed E-state index contributed by atoms with van der Waals surface area (Å²) in [7, 11) is 3.17. The Labute approximate surface area is 171 Å². The summed E-state index contributed by atoms with van der Waals surface area (Å²) in [6.07, 6.45) is 3.07. The second-order valence-corrected chi connectivity index (χ2v) is 6.79. The third-order valence-electron chi connectivity index (χ3n) is 4.22. The molecular weight excluding hydrogens is 396 g/mol. The van der Waals surface area contributed by atoms with Crippen molar-refractivity contribution in [3.05, 3.63) is 63.7 Å². The first kappa shape index (κ1) is 20.3. The van der Waals surface area contributed by atoms with Crippen LogP contribution in [0.4, 0.5) is 0 Å². The highest BCUT2D eigenvalue weighted by Crippen LogP contribution is 2.20. The van der Waals surface area contributed by atoms with E-state index in [1.54, 1.807) is 37.5 Å². The number of likely N-dealkylation sites (N-methyl/N-ethyl adjacent to an activating group) is 1. The van der Waals surface area contributed by atoms with E-state index in [0.717, 1.165) is 4.68 Å². The molecule has 29 heavy (non-hydrogen) atoms. The van der Waals surface area contributed by atoms with Gasteiger partial charge >= 0.3 is 0 Å². The van der Waals surface area contributed by atoms with Gasteiger partial charge in [-0.3, -0.25) is 19.1 Å². The van der Waals surface area contributed by atoms with Gasteiger partial charge in [-0.1, -0.05) is 23.7 Å². The summed E-state index contributed by atoms with van der Waals surface area (Å²) in [6, 6.07) is 7.42. The van der Waals surface area contributed by atoms with E-state index < -0.39 is 17.5 Å². The predicted octanol–water partition coefficient (Wildman–Crippen LogP) is 1.15. The lowest BCUT2D eigenvalue weighted by Crippen LogP contribution is -2.45. The number of aromatic nitrogens is 4. The Morgan fingerprint density at radius 3 is 2.48 bits per heavy atom. The first-order valence-corrected chi connectivity index (χ1v) is 9.09. The van der Waals surface area contributed by atoms with Gasteiger partial charge < -0.3 is 10.6 Å². The second kappa shape index (κ2) is 8.27. The smallest absolute Gasteiger partial charge is 0.284 e. The van der Waals surface area contributed by atoms with Crippen LogP contribution in [0.1, 0.15) is 17.3 Å². The molecule has 0 bridgehead atoms. The van der Waals surface area contributed by atoms with Crippen LogP contribution in [0, 0.1) is 0 Å². The average Bonchev–Trinajstić information content (AvgIpc) is 3.14. The van der Waals surface area contributed by atoms with Gasteiger partial charge in [-0.2, -0.15) is 14.9 Å². The molecule has 0 aliphatic rings. The zero-order chi connectivity index (χ0) is 21.1. The second-order valence-electron chi connectivity index (χ2n) is 6.35. The van der Waals surface area contributed by atoms with Crippen molar-refractivity contribution in [1.82, 2.24) is 30.2 Å². The molecule has 3 rings (SSSR count). The summed E-state index contributed by atoms with van der Waals surface area (Å²) in [5.41, 5.74) is 0.687. The lowest BCUT2D eigenvalue weighted by molar-refractivity contribution is -0.122. The van der Waals surface area contributed by atoms with Gasteiger partial charge in [-0.15, -0.1) is 0 Å². The van der Waals surface area contributed by atoms with Crippen LogP contribution in [0.2, 0.25) is 5.02 Å². The Morgan fingerprint density at radius 1 is 1.21 bits per heavy atom. The molecule has 0 aliphatic heterocycles. The summed E-state index contributed by atoms with van der Waals surface area (Å²) < 4.78 is 2.63. The number of benzene rings is 1. The van der Waals surface area contributed by atoms with E-state index in [-0.39, 0.29) is 11.5 Å². The van der Waals surface area contributed by atoms with Crippen molar-refractivity contribution < 1.29 is 9.59 Å². The van der Waals surface area contributed by atoms with Gasteiger partial charge in [-0.25, -0.2) is 0 Å². The average molecular weight is 415 g/mol. The van der Waals surface area contributed by atoms with Gasteiger partial charge in [0.05, 0.1) is 18.1 Å². The number of carbonyl (C=O) groups is 2. The molecule has 2 N–H and O–H groups in total. The first-order chi connectivity index (χ1) is 13.8. The van der Waals surface area contributed by atoms with Crippen LogP contribution in [-0.2, 0) is 11.8 Å². The summed E-state index contributed by atoms with van der Waals surface area (Å²) in [5, 5.41) is 13.9. The largest absolute Gasteiger partial charge is 0.357 e. The van der Waals surface area contributed by atoms with Gasteiger partial charge in [0, 0.05) is 24.7 Å². The molecule has 0 fully saturated rings. The van der Waals surface area contributed by atoms with Crippen molar-refractivity contribution in [3.63, 3.8) is 0 Å². The van der Waals surface area contributed by atoms with E-state index in [9.17, 15) is 14.4 Å². The lowest BCUT2D eigenvalue weighted by Gasteiger charge is -2.13. The number of carbonyl (C=O) groups excluding carboxylic acids is 2. The molecule has 2 amide bonds. The Balaban J connectivity index is 2.12. The van der Waals surface area contributed by atoms with Gasteiger partial charge in [0.25, 0.3) is 11.5 Å².